The van der Waals surface area contributed by atoms with Gasteiger partial charge < -0.3 is 19.6 Å². The van der Waals surface area contributed by atoms with Crippen molar-refractivity contribution < 1.29 is 32.6 Å². The molecule has 0 aliphatic heterocycles. The van der Waals surface area contributed by atoms with Crippen molar-refractivity contribution in [2.24, 2.45) is 0 Å². The largest absolute Gasteiger partial charge is 0.493 e. The third-order valence-electron chi connectivity index (χ3n) is 5.94. The first kappa shape index (κ1) is 26.5. The standard InChI is InChI=1S/C29H26F2N2O5/c1-18-25(33-29(38-18)20-6-3-2-4-7-20)14-15-37-22-12-10-19(11-13-26(34)35)21(16-22)17-32-28(36)23-8-5-9-24(30)27(23)31/h2-10,12,16H,11,13-15,17H2,1H3,(H,32,36)(H,34,35). The van der Waals surface area contributed by atoms with Crippen LogP contribution in [0.3, 0.4) is 0 Å². The highest BCUT2D eigenvalue weighted by molar-refractivity contribution is 5.94. The van der Waals surface area contributed by atoms with E-state index in [1.807, 2.05) is 37.3 Å². The summed E-state index contributed by atoms with van der Waals surface area (Å²) in [5.74, 6) is -2.35. The van der Waals surface area contributed by atoms with Gasteiger partial charge in [0.2, 0.25) is 5.89 Å². The van der Waals surface area contributed by atoms with Crippen LogP contribution in [0, 0.1) is 18.6 Å². The minimum absolute atomic E-state index is 0.0240. The molecule has 38 heavy (non-hydrogen) atoms. The monoisotopic (exact) mass is 520 g/mol. The molecular formula is C29H26F2N2O5. The lowest BCUT2D eigenvalue weighted by atomic mass is 10.0. The number of benzene rings is 3. The molecule has 0 atom stereocenters. The van der Waals surface area contributed by atoms with Gasteiger partial charge in [-0.15, -0.1) is 0 Å². The van der Waals surface area contributed by atoms with Gasteiger partial charge in [-0.25, -0.2) is 13.8 Å². The van der Waals surface area contributed by atoms with Gasteiger partial charge in [-0.2, -0.15) is 0 Å². The van der Waals surface area contributed by atoms with Crippen LogP contribution in [0.25, 0.3) is 11.5 Å². The molecule has 4 aromatic rings. The van der Waals surface area contributed by atoms with E-state index in [1.165, 1.54) is 12.1 Å². The minimum Gasteiger partial charge on any atom is -0.493 e. The molecule has 0 fully saturated rings. The first-order valence-corrected chi connectivity index (χ1v) is 12.0. The van der Waals surface area contributed by atoms with Gasteiger partial charge in [-0.05, 0) is 60.9 Å². The van der Waals surface area contributed by atoms with Crippen LogP contribution in [-0.4, -0.2) is 28.6 Å². The summed E-state index contributed by atoms with van der Waals surface area (Å²) < 4.78 is 39.2. The van der Waals surface area contributed by atoms with E-state index in [9.17, 15) is 18.4 Å². The number of carbonyl (C=O) groups excluding carboxylic acids is 1. The van der Waals surface area contributed by atoms with Crippen LogP contribution in [0.1, 0.15) is 39.4 Å². The topological polar surface area (TPSA) is 102 Å². The molecular weight excluding hydrogens is 494 g/mol. The van der Waals surface area contributed by atoms with Crippen molar-refractivity contribution in [3.63, 3.8) is 0 Å². The zero-order valence-electron chi connectivity index (χ0n) is 20.7. The zero-order chi connectivity index (χ0) is 27.1. The van der Waals surface area contributed by atoms with Crippen molar-refractivity contribution in [1.29, 1.82) is 0 Å². The summed E-state index contributed by atoms with van der Waals surface area (Å²) in [5.41, 5.74) is 2.54. The van der Waals surface area contributed by atoms with Crippen molar-refractivity contribution in [3.05, 3.63) is 107 Å². The highest BCUT2D eigenvalue weighted by Crippen LogP contribution is 2.23. The fourth-order valence-corrected chi connectivity index (χ4v) is 3.92. The predicted molar refractivity (Wildman–Crippen MR) is 136 cm³/mol. The molecule has 0 saturated heterocycles. The third kappa shape index (κ3) is 6.61. The Morgan fingerprint density at radius 3 is 2.55 bits per heavy atom. The van der Waals surface area contributed by atoms with Crippen LogP contribution >= 0.6 is 0 Å². The normalized spacial score (nSPS) is 10.8. The van der Waals surface area contributed by atoms with Gasteiger partial charge in [0.05, 0.1) is 17.9 Å². The zero-order valence-corrected chi connectivity index (χ0v) is 20.7. The van der Waals surface area contributed by atoms with Gasteiger partial charge in [0.15, 0.2) is 11.6 Å². The van der Waals surface area contributed by atoms with Gasteiger partial charge in [0, 0.05) is 24.9 Å². The molecule has 0 radical (unpaired) electrons. The smallest absolute Gasteiger partial charge is 0.303 e. The number of amides is 1. The maximum atomic E-state index is 14.0. The Morgan fingerprint density at radius 2 is 1.79 bits per heavy atom. The molecule has 0 aliphatic rings. The molecule has 9 heteroatoms. The molecule has 196 valence electrons. The average Bonchev–Trinajstić information content (AvgIpc) is 3.29. The van der Waals surface area contributed by atoms with E-state index in [-0.39, 0.29) is 19.4 Å². The number of aryl methyl sites for hydroxylation is 2. The van der Waals surface area contributed by atoms with Gasteiger partial charge >= 0.3 is 5.97 Å². The second kappa shape index (κ2) is 12.1. The highest BCUT2D eigenvalue weighted by atomic mass is 19.2. The SMILES string of the molecule is Cc1oc(-c2ccccc2)nc1CCOc1ccc(CCC(=O)O)c(CNC(=O)c2cccc(F)c2F)c1. The summed E-state index contributed by atoms with van der Waals surface area (Å²) in [5, 5.41) is 11.7. The molecule has 0 saturated carbocycles. The summed E-state index contributed by atoms with van der Waals surface area (Å²) in [6, 6.07) is 18.1. The van der Waals surface area contributed by atoms with Crippen molar-refractivity contribution in [2.75, 3.05) is 6.61 Å². The molecule has 3 aromatic carbocycles. The van der Waals surface area contributed by atoms with Gasteiger partial charge in [0.25, 0.3) is 5.91 Å². The number of hydrogen-bond donors (Lipinski definition) is 2. The minimum atomic E-state index is -1.23. The fourth-order valence-electron chi connectivity index (χ4n) is 3.92. The number of oxazole rings is 1. The lowest BCUT2D eigenvalue weighted by molar-refractivity contribution is -0.136. The first-order chi connectivity index (χ1) is 18.3. The summed E-state index contributed by atoms with van der Waals surface area (Å²) in [4.78, 5) is 28.1. The molecule has 0 spiro atoms. The van der Waals surface area contributed by atoms with Crippen LogP contribution in [0.5, 0.6) is 5.75 Å². The van der Waals surface area contributed by atoms with Crippen LogP contribution in [0.4, 0.5) is 8.78 Å². The molecule has 4 rings (SSSR count). The summed E-state index contributed by atoms with van der Waals surface area (Å²) in [6.07, 6.45) is 0.623. The number of hydrogen-bond acceptors (Lipinski definition) is 5. The number of carbonyl (C=O) groups is 2. The van der Waals surface area contributed by atoms with Gasteiger partial charge in [-0.3, -0.25) is 9.59 Å². The van der Waals surface area contributed by atoms with E-state index in [0.717, 1.165) is 17.3 Å². The Morgan fingerprint density at radius 1 is 1.00 bits per heavy atom. The molecule has 1 amide bonds. The van der Waals surface area contributed by atoms with E-state index in [0.29, 0.717) is 41.6 Å². The summed E-state index contributed by atoms with van der Waals surface area (Å²) in [7, 11) is 0. The quantitative estimate of drug-likeness (QED) is 0.271. The number of nitrogens with one attached hydrogen (secondary N) is 1. The fraction of sp³-hybridized carbons (Fsp3) is 0.207. The van der Waals surface area contributed by atoms with Gasteiger partial charge in [-0.1, -0.05) is 30.3 Å². The van der Waals surface area contributed by atoms with Crippen molar-refractivity contribution >= 4 is 11.9 Å². The van der Waals surface area contributed by atoms with E-state index in [2.05, 4.69) is 10.3 Å². The predicted octanol–water partition coefficient (Wildman–Crippen LogP) is 5.50. The molecule has 2 N–H and O–H groups in total. The second-order valence-corrected chi connectivity index (χ2v) is 8.59. The molecule has 7 nitrogen and oxygen atoms in total. The number of aromatic nitrogens is 1. The Balaban J connectivity index is 1.43. The van der Waals surface area contributed by atoms with Crippen LogP contribution in [-0.2, 0) is 24.2 Å². The third-order valence-corrected chi connectivity index (χ3v) is 5.94. The number of halogens is 2. The second-order valence-electron chi connectivity index (χ2n) is 8.59. The molecule has 1 heterocycles. The van der Waals surface area contributed by atoms with Crippen molar-refractivity contribution in [1.82, 2.24) is 10.3 Å². The Kier molecular flexibility index (Phi) is 8.47. The van der Waals surface area contributed by atoms with E-state index in [1.54, 1.807) is 18.2 Å². The summed E-state index contributed by atoms with van der Waals surface area (Å²) in [6.45, 7) is 2.12. The lowest BCUT2D eigenvalue weighted by Crippen LogP contribution is -2.25. The molecule has 1 aromatic heterocycles. The van der Waals surface area contributed by atoms with Crippen LogP contribution < -0.4 is 10.1 Å². The molecule has 0 unspecified atom stereocenters. The number of carboxylic acids is 1. The molecule has 0 aliphatic carbocycles. The Labute approximate surface area is 218 Å². The maximum absolute atomic E-state index is 14.0. The van der Waals surface area contributed by atoms with Crippen LogP contribution in [0.15, 0.2) is 71.1 Å². The number of rotatable bonds is 11. The number of ether oxygens (including phenoxy) is 1. The van der Waals surface area contributed by atoms with Crippen molar-refractivity contribution in [2.45, 2.75) is 32.7 Å². The Bertz CT molecular complexity index is 1440. The number of carboxylic acid groups (broad SMARTS) is 1. The van der Waals surface area contributed by atoms with E-state index < -0.39 is 29.1 Å². The Hall–Kier alpha value is -4.53. The van der Waals surface area contributed by atoms with Crippen molar-refractivity contribution in [3.8, 4) is 17.2 Å². The first-order valence-electron chi connectivity index (χ1n) is 12.0. The number of nitrogens with zero attached hydrogens (tertiary/aromatic N) is 1. The maximum Gasteiger partial charge on any atom is 0.303 e. The van der Waals surface area contributed by atoms with Crippen LogP contribution in [0.2, 0.25) is 0 Å². The lowest BCUT2D eigenvalue weighted by Gasteiger charge is -2.14. The van der Waals surface area contributed by atoms with Gasteiger partial charge in [0.1, 0.15) is 11.5 Å². The highest BCUT2D eigenvalue weighted by Gasteiger charge is 2.16. The average molecular weight is 521 g/mol. The van der Waals surface area contributed by atoms with E-state index >= 15 is 0 Å². The number of aliphatic carboxylic acids is 1. The summed E-state index contributed by atoms with van der Waals surface area (Å²) >= 11 is 0. The molecule has 0 bridgehead atoms. The van der Waals surface area contributed by atoms with E-state index in [4.69, 9.17) is 14.3 Å².